The Morgan fingerprint density at radius 2 is 1.95 bits per heavy atom. The first-order valence-electron chi connectivity index (χ1n) is 6.03. The third kappa shape index (κ3) is 2.83. The molecule has 0 radical (unpaired) electrons. The number of Topliss-reactive ketones (excluding diaryl/α,β-unsaturated/α-hetero) is 1. The summed E-state index contributed by atoms with van der Waals surface area (Å²) in [6.45, 7) is 1.49. The van der Waals surface area contributed by atoms with Crippen molar-refractivity contribution >= 4 is 5.78 Å². The van der Waals surface area contributed by atoms with Crippen molar-refractivity contribution < 1.29 is 13.9 Å². The standard InChI is InChI=1S/C16H12FNO2/c1-11(19)13-7-8-15(16(17)14(13)9-18)20-10-12-5-3-2-4-6-12/h2-8H,10H2,1H3. The summed E-state index contributed by atoms with van der Waals surface area (Å²) in [6, 6.07) is 13.8. The van der Waals surface area contributed by atoms with Crippen molar-refractivity contribution in [1.29, 1.82) is 5.26 Å². The average Bonchev–Trinajstić information content (AvgIpc) is 2.46. The van der Waals surface area contributed by atoms with Crippen LogP contribution in [-0.4, -0.2) is 5.78 Å². The summed E-state index contributed by atoms with van der Waals surface area (Å²) in [7, 11) is 0. The number of ketones is 1. The number of hydrogen-bond acceptors (Lipinski definition) is 3. The number of nitrogens with zero attached hydrogens (tertiary/aromatic N) is 1. The molecule has 0 unspecified atom stereocenters. The van der Waals surface area contributed by atoms with Gasteiger partial charge in [0.15, 0.2) is 17.3 Å². The molecule has 0 aliphatic carbocycles. The fraction of sp³-hybridized carbons (Fsp3) is 0.125. The molecule has 0 fully saturated rings. The molecule has 0 aromatic heterocycles. The van der Waals surface area contributed by atoms with Gasteiger partial charge in [0.1, 0.15) is 18.2 Å². The quantitative estimate of drug-likeness (QED) is 0.798. The van der Waals surface area contributed by atoms with Gasteiger partial charge in [-0.3, -0.25) is 4.79 Å². The molecule has 0 saturated carbocycles. The first-order chi connectivity index (χ1) is 9.63. The molecule has 2 aromatic carbocycles. The number of rotatable bonds is 4. The van der Waals surface area contributed by atoms with Gasteiger partial charge in [0.25, 0.3) is 0 Å². The van der Waals surface area contributed by atoms with Crippen LogP contribution >= 0.6 is 0 Å². The maximum Gasteiger partial charge on any atom is 0.183 e. The first-order valence-corrected chi connectivity index (χ1v) is 6.03. The van der Waals surface area contributed by atoms with E-state index in [9.17, 15) is 9.18 Å². The van der Waals surface area contributed by atoms with Crippen molar-refractivity contribution in [3.05, 3.63) is 65.0 Å². The molecular formula is C16H12FNO2. The van der Waals surface area contributed by atoms with Crippen LogP contribution in [0, 0.1) is 17.1 Å². The molecule has 20 heavy (non-hydrogen) atoms. The van der Waals surface area contributed by atoms with E-state index in [1.807, 2.05) is 30.3 Å². The molecule has 0 spiro atoms. The van der Waals surface area contributed by atoms with Gasteiger partial charge in [0, 0.05) is 5.56 Å². The van der Waals surface area contributed by atoms with Gasteiger partial charge in [-0.05, 0) is 24.6 Å². The first kappa shape index (κ1) is 13.8. The predicted molar refractivity (Wildman–Crippen MR) is 71.9 cm³/mol. The average molecular weight is 269 g/mol. The van der Waals surface area contributed by atoms with E-state index in [-0.39, 0.29) is 29.3 Å². The number of carbonyl (C=O) groups excluding carboxylic acids is 1. The molecule has 4 heteroatoms. The van der Waals surface area contributed by atoms with Crippen molar-refractivity contribution in [2.24, 2.45) is 0 Å². The largest absolute Gasteiger partial charge is 0.486 e. The minimum atomic E-state index is -0.795. The second-order valence-electron chi connectivity index (χ2n) is 4.24. The van der Waals surface area contributed by atoms with Gasteiger partial charge in [-0.1, -0.05) is 30.3 Å². The zero-order valence-corrected chi connectivity index (χ0v) is 10.9. The molecule has 2 rings (SSSR count). The topological polar surface area (TPSA) is 50.1 Å². The lowest BCUT2D eigenvalue weighted by molar-refractivity contribution is 0.101. The van der Waals surface area contributed by atoms with Crippen LogP contribution in [0.15, 0.2) is 42.5 Å². The number of carbonyl (C=O) groups is 1. The molecule has 0 atom stereocenters. The third-order valence-electron chi connectivity index (χ3n) is 2.83. The maximum absolute atomic E-state index is 14.1. The summed E-state index contributed by atoms with van der Waals surface area (Å²) in [5.74, 6) is -1.18. The Balaban J connectivity index is 2.26. The van der Waals surface area contributed by atoms with Gasteiger partial charge in [-0.2, -0.15) is 5.26 Å². The summed E-state index contributed by atoms with van der Waals surface area (Å²) < 4.78 is 19.5. The normalized spacial score (nSPS) is 9.85. The number of nitriles is 1. The highest BCUT2D eigenvalue weighted by Crippen LogP contribution is 2.24. The third-order valence-corrected chi connectivity index (χ3v) is 2.83. The van der Waals surface area contributed by atoms with Crippen molar-refractivity contribution in [3.63, 3.8) is 0 Å². The second kappa shape index (κ2) is 5.98. The maximum atomic E-state index is 14.1. The highest BCUT2D eigenvalue weighted by atomic mass is 19.1. The van der Waals surface area contributed by atoms with Crippen LogP contribution in [0.1, 0.15) is 28.4 Å². The van der Waals surface area contributed by atoms with Gasteiger partial charge in [-0.25, -0.2) is 4.39 Å². The Morgan fingerprint density at radius 3 is 2.55 bits per heavy atom. The Morgan fingerprint density at radius 1 is 1.25 bits per heavy atom. The van der Waals surface area contributed by atoms with E-state index in [0.717, 1.165) is 5.56 Å². The Bertz CT molecular complexity index is 675. The molecule has 0 amide bonds. The zero-order valence-electron chi connectivity index (χ0n) is 10.9. The van der Waals surface area contributed by atoms with Crippen LogP contribution in [0.25, 0.3) is 0 Å². The van der Waals surface area contributed by atoms with Gasteiger partial charge >= 0.3 is 0 Å². The second-order valence-corrected chi connectivity index (χ2v) is 4.24. The highest BCUT2D eigenvalue weighted by molar-refractivity contribution is 5.96. The fourth-order valence-corrected chi connectivity index (χ4v) is 1.81. The van der Waals surface area contributed by atoms with Gasteiger partial charge in [0.05, 0.1) is 0 Å². The van der Waals surface area contributed by atoms with Gasteiger partial charge in [-0.15, -0.1) is 0 Å². The summed E-state index contributed by atoms with van der Waals surface area (Å²) in [5.41, 5.74) is 0.682. The molecule has 3 nitrogen and oxygen atoms in total. The predicted octanol–water partition coefficient (Wildman–Crippen LogP) is 3.48. The van der Waals surface area contributed by atoms with E-state index < -0.39 is 5.82 Å². The number of hydrogen-bond donors (Lipinski definition) is 0. The molecular weight excluding hydrogens is 257 g/mol. The molecule has 0 aliphatic rings. The van der Waals surface area contributed by atoms with Gasteiger partial charge < -0.3 is 4.74 Å². The smallest absolute Gasteiger partial charge is 0.183 e. The van der Waals surface area contributed by atoms with Crippen LogP contribution in [0.5, 0.6) is 5.75 Å². The summed E-state index contributed by atoms with van der Waals surface area (Å²) in [4.78, 5) is 11.3. The number of halogens is 1. The van der Waals surface area contributed by atoms with Crippen LogP contribution < -0.4 is 4.74 Å². The van der Waals surface area contributed by atoms with E-state index in [1.54, 1.807) is 6.07 Å². The van der Waals surface area contributed by atoms with E-state index in [1.165, 1.54) is 19.1 Å². The molecule has 0 aliphatic heterocycles. The number of ether oxygens (including phenoxy) is 1. The zero-order chi connectivity index (χ0) is 14.5. The Labute approximate surface area is 116 Å². The Kier molecular flexibility index (Phi) is 4.11. The Hall–Kier alpha value is -2.67. The van der Waals surface area contributed by atoms with E-state index >= 15 is 0 Å². The lowest BCUT2D eigenvalue weighted by Gasteiger charge is -2.09. The van der Waals surface area contributed by atoms with Gasteiger partial charge in [0.2, 0.25) is 0 Å². The molecule has 100 valence electrons. The van der Waals surface area contributed by atoms with Crippen LogP contribution in [0.4, 0.5) is 4.39 Å². The lowest BCUT2D eigenvalue weighted by Crippen LogP contribution is -2.03. The fourth-order valence-electron chi connectivity index (χ4n) is 1.81. The molecule has 0 saturated heterocycles. The van der Waals surface area contributed by atoms with Crippen molar-refractivity contribution in [1.82, 2.24) is 0 Å². The summed E-state index contributed by atoms with van der Waals surface area (Å²) >= 11 is 0. The molecule has 2 aromatic rings. The van der Waals surface area contributed by atoms with Crippen LogP contribution in [-0.2, 0) is 6.61 Å². The SMILES string of the molecule is CC(=O)c1ccc(OCc2ccccc2)c(F)c1C#N. The van der Waals surface area contributed by atoms with E-state index in [0.29, 0.717) is 0 Å². The molecule has 0 N–H and O–H groups in total. The highest BCUT2D eigenvalue weighted by Gasteiger charge is 2.16. The summed E-state index contributed by atoms with van der Waals surface area (Å²) in [5, 5.41) is 8.96. The monoisotopic (exact) mass is 269 g/mol. The molecule has 0 bridgehead atoms. The minimum absolute atomic E-state index is 0.0320. The van der Waals surface area contributed by atoms with Crippen LogP contribution in [0.2, 0.25) is 0 Å². The minimum Gasteiger partial charge on any atom is -0.486 e. The summed E-state index contributed by atoms with van der Waals surface area (Å²) in [6.07, 6.45) is 0. The van der Waals surface area contributed by atoms with Crippen molar-refractivity contribution in [2.75, 3.05) is 0 Å². The van der Waals surface area contributed by atoms with E-state index in [2.05, 4.69) is 0 Å². The number of benzene rings is 2. The van der Waals surface area contributed by atoms with Crippen molar-refractivity contribution in [2.45, 2.75) is 13.5 Å². The van der Waals surface area contributed by atoms with E-state index in [4.69, 9.17) is 10.00 Å². The molecule has 0 heterocycles. The lowest BCUT2D eigenvalue weighted by atomic mass is 10.0. The van der Waals surface area contributed by atoms with Crippen molar-refractivity contribution in [3.8, 4) is 11.8 Å². The van der Waals surface area contributed by atoms with Crippen LogP contribution in [0.3, 0.4) is 0 Å².